The highest BCUT2D eigenvalue weighted by atomic mass is 16.5. The molecule has 0 aromatic heterocycles. The van der Waals surface area contributed by atoms with Crippen molar-refractivity contribution in [2.75, 3.05) is 32.6 Å². The van der Waals surface area contributed by atoms with Crippen LogP contribution < -0.4 is 14.8 Å². The summed E-state index contributed by atoms with van der Waals surface area (Å²) in [6, 6.07) is 13.2. The Balaban J connectivity index is 1.96. The van der Waals surface area contributed by atoms with Crippen molar-refractivity contribution >= 4 is 17.5 Å². The smallest absolute Gasteiger partial charge is 0.244 e. The molecular formula is C23H30N2O4. The summed E-state index contributed by atoms with van der Waals surface area (Å²) in [5.41, 5.74) is 2.74. The largest absolute Gasteiger partial charge is 0.493 e. The molecule has 0 spiro atoms. The van der Waals surface area contributed by atoms with Gasteiger partial charge in [-0.15, -0.1) is 0 Å². The van der Waals surface area contributed by atoms with Crippen molar-refractivity contribution in [3.63, 3.8) is 0 Å². The molecule has 1 N–H and O–H groups in total. The molecule has 0 aliphatic carbocycles. The fourth-order valence-electron chi connectivity index (χ4n) is 3.08. The Morgan fingerprint density at radius 2 is 1.76 bits per heavy atom. The first-order valence-electron chi connectivity index (χ1n) is 9.82. The van der Waals surface area contributed by atoms with E-state index in [0.29, 0.717) is 30.9 Å². The van der Waals surface area contributed by atoms with Crippen molar-refractivity contribution in [2.24, 2.45) is 0 Å². The molecule has 29 heavy (non-hydrogen) atoms. The number of benzene rings is 2. The van der Waals surface area contributed by atoms with Crippen molar-refractivity contribution in [3.8, 4) is 11.5 Å². The Hall–Kier alpha value is -3.02. The number of nitrogens with zero attached hydrogens (tertiary/aromatic N) is 1. The SMILES string of the molecule is CCCN(CC(=O)Nc1ccccc1C)C(=O)CCc1ccc(OC)c(OC)c1. The highest BCUT2D eigenvalue weighted by Crippen LogP contribution is 2.28. The molecule has 2 amide bonds. The number of anilines is 1. The number of aryl methyl sites for hydroxylation is 2. The quantitative estimate of drug-likeness (QED) is 0.661. The van der Waals surface area contributed by atoms with E-state index in [4.69, 9.17) is 9.47 Å². The van der Waals surface area contributed by atoms with Gasteiger partial charge in [0, 0.05) is 18.7 Å². The second-order valence-corrected chi connectivity index (χ2v) is 6.87. The van der Waals surface area contributed by atoms with Crippen LogP contribution in [-0.2, 0) is 16.0 Å². The van der Waals surface area contributed by atoms with E-state index >= 15 is 0 Å². The summed E-state index contributed by atoms with van der Waals surface area (Å²) in [7, 11) is 3.18. The van der Waals surface area contributed by atoms with Crippen LogP contribution >= 0.6 is 0 Å². The molecule has 0 fully saturated rings. The van der Waals surface area contributed by atoms with Gasteiger partial charge in [0.25, 0.3) is 0 Å². The summed E-state index contributed by atoms with van der Waals surface area (Å²) in [6.45, 7) is 4.53. The third kappa shape index (κ3) is 6.52. The number of amides is 2. The Morgan fingerprint density at radius 3 is 2.41 bits per heavy atom. The minimum absolute atomic E-state index is 0.0402. The van der Waals surface area contributed by atoms with E-state index < -0.39 is 0 Å². The third-order valence-corrected chi connectivity index (χ3v) is 4.68. The fraction of sp³-hybridized carbons (Fsp3) is 0.391. The van der Waals surface area contributed by atoms with Crippen molar-refractivity contribution in [2.45, 2.75) is 33.1 Å². The average molecular weight is 399 g/mol. The molecule has 6 heteroatoms. The number of methoxy groups -OCH3 is 2. The number of para-hydroxylation sites is 1. The van der Waals surface area contributed by atoms with Gasteiger partial charge in [-0.1, -0.05) is 31.2 Å². The van der Waals surface area contributed by atoms with Gasteiger partial charge in [-0.25, -0.2) is 0 Å². The number of hydrogen-bond donors (Lipinski definition) is 1. The second-order valence-electron chi connectivity index (χ2n) is 6.87. The summed E-state index contributed by atoms with van der Waals surface area (Å²) in [6.07, 6.45) is 1.69. The predicted octanol–water partition coefficient (Wildman–Crippen LogP) is 3.82. The summed E-state index contributed by atoms with van der Waals surface area (Å²) < 4.78 is 10.6. The molecule has 2 aromatic rings. The zero-order chi connectivity index (χ0) is 21.2. The standard InChI is InChI=1S/C23H30N2O4/c1-5-14-25(16-22(26)24-19-9-7-6-8-17(19)2)23(27)13-11-18-10-12-20(28-3)21(15-18)29-4/h6-10,12,15H,5,11,13-14,16H2,1-4H3,(H,24,26). The Labute approximate surface area is 172 Å². The normalized spacial score (nSPS) is 10.3. The zero-order valence-corrected chi connectivity index (χ0v) is 17.7. The fourth-order valence-corrected chi connectivity index (χ4v) is 3.08. The molecule has 0 saturated heterocycles. The summed E-state index contributed by atoms with van der Waals surface area (Å²) >= 11 is 0. The first kappa shape index (κ1) is 22.3. The van der Waals surface area contributed by atoms with Crippen LogP contribution in [-0.4, -0.2) is 44.0 Å². The lowest BCUT2D eigenvalue weighted by atomic mass is 10.1. The topological polar surface area (TPSA) is 67.9 Å². The highest BCUT2D eigenvalue weighted by molar-refractivity contribution is 5.95. The maximum Gasteiger partial charge on any atom is 0.244 e. The van der Waals surface area contributed by atoms with Gasteiger partial charge in [0.2, 0.25) is 11.8 Å². The number of carbonyl (C=O) groups is 2. The molecule has 0 unspecified atom stereocenters. The Kier molecular flexibility index (Phi) is 8.52. The molecule has 2 rings (SSSR count). The summed E-state index contributed by atoms with van der Waals surface area (Å²) in [4.78, 5) is 26.8. The van der Waals surface area contributed by atoms with Crippen molar-refractivity contribution < 1.29 is 19.1 Å². The zero-order valence-electron chi connectivity index (χ0n) is 17.7. The molecule has 0 aliphatic heterocycles. The molecule has 6 nitrogen and oxygen atoms in total. The van der Waals surface area contributed by atoms with E-state index in [-0.39, 0.29) is 18.4 Å². The highest BCUT2D eigenvalue weighted by Gasteiger charge is 2.17. The van der Waals surface area contributed by atoms with Crippen molar-refractivity contribution in [3.05, 3.63) is 53.6 Å². The lowest BCUT2D eigenvalue weighted by Crippen LogP contribution is -2.38. The van der Waals surface area contributed by atoms with Gasteiger partial charge in [-0.3, -0.25) is 9.59 Å². The van der Waals surface area contributed by atoms with Gasteiger partial charge in [-0.2, -0.15) is 0 Å². The number of rotatable bonds is 10. The first-order chi connectivity index (χ1) is 14.0. The van der Waals surface area contributed by atoms with E-state index in [2.05, 4.69) is 5.32 Å². The minimum Gasteiger partial charge on any atom is -0.493 e. The Morgan fingerprint density at radius 1 is 1.03 bits per heavy atom. The number of hydrogen-bond acceptors (Lipinski definition) is 4. The van der Waals surface area contributed by atoms with Crippen LogP contribution in [0.5, 0.6) is 11.5 Å². The lowest BCUT2D eigenvalue weighted by molar-refractivity contribution is -0.134. The molecule has 0 bridgehead atoms. The van der Waals surface area contributed by atoms with Crippen LogP contribution in [0.4, 0.5) is 5.69 Å². The van der Waals surface area contributed by atoms with Gasteiger partial charge in [-0.05, 0) is 49.1 Å². The van der Waals surface area contributed by atoms with Gasteiger partial charge >= 0.3 is 0 Å². The average Bonchev–Trinajstić information content (AvgIpc) is 2.73. The first-order valence-corrected chi connectivity index (χ1v) is 9.82. The summed E-state index contributed by atoms with van der Waals surface area (Å²) in [5.74, 6) is 1.07. The van der Waals surface area contributed by atoms with E-state index in [9.17, 15) is 9.59 Å². The maximum absolute atomic E-state index is 12.7. The van der Waals surface area contributed by atoms with Crippen LogP contribution in [0.25, 0.3) is 0 Å². The summed E-state index contributed by atoms with van der Waals surface area (Å²) in [5, 5.41) is 2.89. The van der Waals surface area contributed by atoms with E-state index in [1.807, 2.05) is 56.3 Å². The van der Waals surface area contributed by atoms with Crippen LogP contribution in [0.3, 0.4) is 0 Å². The van der Waals surface area contributed by atoms with Gasteiger partial charge < -0.3 is 19.7 Å². The second kappa shape index (κ2) is 11.1. The van der Waals surface area contributed by atoms with Gasteiger partial charge in [0.1, 0.15) is 0 Å². The monoisotopic (exact) mass is 398 g/mol. The van der Waals surface area contributed by atoms with Crippen molar-refractivity contribution in [1.82, 2.24) is 4.90 Å². The molecule has 156 valence electrons. The van der Waals surface area contributed by atoms with Crippen LogP contribution in [0.1, 0.15) is 30.9 Å². The van der Waals surface area contributed by atoms with Crippen LogP contribution in [0, 0.1) is 6.92 Å². The van der Waals surface area contributed by atoms with Gasteiger partial charge in [0.05, 0.1) is 20.8 Å². The minimum atomic E-state index is -0.188. The lowest BCUT2D eigenvalue weighted by Gasteiger charge is -2.22. The molecule has 2 aromatic carbocycles. The molecule has 0 saturated carbocycles. The molecule has 0 radical (unpaired) electrons. The Bertz CT molecular complexity index is 835. The van der Waals surface area contributed by atoms with Crippen LogP contribution in [0.15, 0.2) is 42.5 Å². The van der Waals surface area contributed by atoms with E-state index in [1.54, 1.807) is 19.1 Å². The number of nitrogens with one attached hydrogen (secondary N) is 1. The molecule has 0 heterocycles. The van der Waals surface area contributed by atoms with Crippen LogP contribution in [0.2, 0.25) is 0 Å². The maximum atomic E-state index is 12.7. The van der Waals surface area contributed by atoms with Crippen molar-refractivity contribution in [1.29, 1.82) is 0 Å². The number of ether oxygens (including phenoxy) is 2. The van der Waals surface area contributed by atoms with Gasteiger partial charge in [0.15, 0.2) is 11.5 Å². The third-order valence-electron chi connectivity index (χ3n) is 4.68. The number of carbonyl (C=O) groups excluding carboxylic acids is 2. The molecule has 0 atom stereocenters. The molecular weight excluding hydrogens is 368 g/mol. The van der Waals surface area contributed by atoms with E-state index in [0.717, 1.165) is 23.2 Å². The van der Waals surface area contributed by atoms with E-state index in [1.165, 1.54) is 0 Å². The predicted molar refractivity (Wildman–Crippen MR) is 115 cm³/mol. The molecule has 0 aliphatic rings.